The van der Waals surface area contributed by atoms with Crippen molar-refractivity contribution in [1.82, 2.24) is 19.5 Å². The lowest BCUT2D eigenvalue weighted by Crippen LogP contribution is -2.35. The van der Waals surface area contributed by atoms with E-state index in [1.165, 1.54) is 17.2 Å². The number of benzene rings is 1. The SMILES string of the molecule is NS(=O)(=O)OC[C@H]1O[C@@H](n2cnc3c(Nc4ccccc4)ncnc32)[C@H](O)[C@@H]1O. The van der Waals surface area contributed by atoms with Crippen molar-refractivity contribution in [3.05, 3.63) is 43.0 Å². The molecule has 1 fully saturated rings. The van der Waals surface area contributed by atoms with Crippen LogP contribution in [0.4, 0.5) is 11.5 Å². The van der Waals surface area contributed by atoms with Gasteiger partial charge in [-0.3, -0.25) is 8.75 Å². The topological polar surface area (TPSA) is 175 Å². The van der Waals surface area contributed by atoms with Gasteiger partial charge in [0.15, 0.2) is 23.2 Å². The number of nitrogens with one attached hydrogen (secondary N) is 1. The molecule has 0 amide bonds. The number of imidazole rings is 1. The molecular formula is C16H18N6O6S. The smallest absolute Gasteiger partial charge is 0.333 e. The molecule has 29 heavy (non-hydrogen) atoms. The van der Waals surface area contributed by atoms with Crippen molar-refractivity contribution in [2.45, 2.75) is 24.5 Å². The molecule has 0 unspecified atom stereocenters. The number of para-hydroxylation sites is 1. The van der Waals surface area contributed by atoms with E-state index in [2.05, 4.69) is 24.5 Å². The first-order chi connectivity index (χ1) is 13.8. The van der Waals surface area contributed by atoms with Crippen LogP contribution in [0.1, 0.15) is 6.23 Å². The van der Waals surface area contributed by atoms with Gasteiger partial charge in [0.2, 0.25) is 0 Å². The maximum atomic E-state index is 11.0. The fourth-order valence-corrected chi connectivity index (χ4v) is 3.37. The van der Waals surface area contributed by atoms with Gasteiger partial charge in [0, 0.05) is 5.69 Å². The van der Waals surface area contributed by atoms with Crippen LogP contribution >= 0.6 is 0 Å². The third-order valence-corrected chi connectivity index (χ3v) is 4.87. The summed E-state index contributed by atoms with van der Waals surface area (Å²) in [5, 5.41) is 28.5. The van der Waals surface area contributed by atoms with Gasteiger partial charge < -0.3 is 20.3 Å². The van der Waals surface area contributed by atoms with Gasteiger partial charge in [-0.1, -0.05) is 18.2 Å². The molecule has 1 aromatic carbocycles. The summed E-state index contributed by atoms with van der Waals surface area (Å²) >= 11 is 0. The number of rotatable bonds is 6. The first-order valence-corrected chi connectivity index (χ1v) is 9.99. The van der Waals surface area contributed by atoms with Gasteiger partial charge in [-0.15, -0.1) is 0 Å². The molecule has 12 nitrogen and oxygen atoms in total. The van der Waals surface area contributed by atoms with Gasteiger partial charge in [-0.2, -0.15) is 8.42 Å². The van der Waals surface area contributed by atoms with E-state index in [0.29, 0.717) is 17.0 Å². The molecule has 5 N–H and O–H groups in total. The van der Waals surface area contributed by atoms with Crippen molar-refractivity contribution >= 4 is 33.0 Å². The van der Waals surface area contributed by atoms with E-state index in [1.807, 2.05) is 30.3 Å². The Morgan fingerprint density at radius 3 is 2.66 bits per heavy atom. The monoisotopic (exact) mass is 422 g/mol. The summed E-state index contributed by atoms with van der Waals surface area (Å²) < 4.78 is 33.4. The Balaban J connectivity index is 1.60. The lowest BCUT2D eigenvalue weighted by molar-refractivity contribution is -0.0467. The van der Waals surface area contributed by atoms with Gasteiger partial charge in [0.05, 0.1) is 12.9 Å². The maximum absolute atomic E-state index is 11.0. The highest BCUT2D eigenvalue weighted by atomic mass is 32.2. The summed E-state index contributed by atoms with van der Waals surface area (Å²) in [5.74, 6) is 0.446. The summed E-state index contributed by atoms with van der Waals surface area (Å²) in [6, 6.07) is 9.35. The number of aromatic nitrogens is 4. The molecule has 0 spiro atoms. The van der Waals surface area contributed by atoms with Crippen LogP contribution in [0.25, 0.3) is 11.2 Å². The Morgan fingerprint density at radius 1 is 1.17 bits per heavy atom. The summed E-state index contributed by atoms with van der Waals surface area (Å²) in [6.07, 6.45) is -2.24. The van der Waals surface area contributed by atoms with Gasteiger partial charge in [0.1, 0.15) is 24.6 Å². The minimum absolute atomic E-state index is 0.350. The number of nitrogens with two attached hydrogens (primary N) is 1. The Labute approximate surface area is 165 Å². The predicted octanol–water partition coefficient (Wildman–Crippen LogP) is -0.591. The zero-order valence-corrected chi connectivity index (χ0v) is 15.7. The summed E-state index contributed by atoms with van der Waals surface area (Å²) in [6.45, 7) is -0.546. The molecule has 13 heteroatoms. The Morgan fingerprint density at radius 2 is 1.93 bits per heavy atom. The number of hydrogen-bond donors (Lipinski definition) is 4. The predicted molar refractivity (Wildman–Crippen MR) is 100 cm³/mol. The molecule has 4 atom stereocenters. The van der Waals surface area contributed by atoms with Crippen LogP contribution in [-0.2, 0) is 19.2 Å². The van der Waals surface area contributed by atoms with Crippen molar-refractivity contribution in [3.63, 3.8) is 0 Å². The number of nitrogens with zero attached hydrogens (tertiary/aromatic N) is 4. The average molecular weight is 422 g/mol. The second-order valence-electron chi connectivity index (χ2n) is 6.36. The van der Waals surface area contributed by atoms with Crippen LogP contribution < -0.4 is 10.5 Å². The van der Waals surface area contributed by atoms with Crippen LogP contribution in [0.3, 0.4) is 0 Å². The molecule has 3 aromatic rings. The van der Waals surface area contributed by atoms with E-state index < -0.39 is 41.5 Å². The lowest BCUT2D eigenvalue weighted by Gasteiger charge is -2.16. The first-order valence-electron chi connectivity index (χ1n) is 8.52. The fraction of sp³-hybridized carbons (Fsp3) is 0.312. The van der Waals surface area contributed by atoms with Crippen LogP contribution in [0.2, 0.25) is 0 Å². The van der Waals surface area contributed by atoms with E-state index in [9.17, 15) is 18.6 Å². The van der Waals surface area contributed by atoms with Crippen LogP contribution in [0, 0.1) is 0 Å². The number of fused-ring (bicyclic) bond motifs is 1. The molecule has 3 heterocycles. The molecule has 0 aliphatic carbocycles. The van der Waals surface area contributed by atoms with Gasteiger partial charge in [-0.25, -0.2) is 20.1 Å². The normalized spacial score (nSPS) is 24.8. The zero-order valence-electron chi connectivity index (χ0n) is 14.9. The summed E-state index contributed by atoms with van der Waals surface area (Å²) in [7, 11) is -4.21. The van der Waals surface area contributed by atoms with Gasteiger partial charge in [0.25, 0.3) is 0 Å². The number of hydrogen-bond acceptors (Lipinski definition) is 10. The first kappa shape index (κ1) is 19.6. The second kappa shape index (κ2) is 7.62. The Kier molecular flexibility index (Phi) is 5.16. The summed E-state index contributed by atoms with van der Waals surface area (Å²) in [4.78, 5) is 12.7. The lowest BCUT2D eigenvalue weighted by atomic mass is 10.1. The molecule has 1 aliphatic rings. The molecule has 1 saturated heterocycles. The Hall–Kier alpha value is -2.68. The Bertz CT molecular complexity index is 1110. The maximum Gasteiger partial charge on any atom is 0.333 e. The van der Waals surface area contributed by atoms with Gasteiger partial charge in [-0.05, 0) is 12.1 Å². The highest BCUT2D eigenvalue weighted by Crippen LogP contribution is 2.32. The molecule has 1 aliphatic heterocycles. The average Bonchev–Trinajstić information content (AvgIpc) is 3.23. The number of aliphatic hydroxyl groups excluding tert-OH is 2. The standard InChI is InChI=1S/C16H18N6O6S/c17-29(25,26)27-6-10-12(23)13(24)16(28-10)22-8-20-11-14(18-7-19-15(11)22)21-9-4-2-1-3-5-9/h1-5,7-8,10,12-13,16,23-24H,6H2,(H2,17,25,26)(H,18,19,21)/t10-,12-,13-,16-/m1/s1. The van der Waals surface area contributed by atoms with Crippen LogP contribution in [0.15, 0.2) is 43.0 Å². The minimum Gasteiger partial charge on any atom is -0.387 e. The molecule has 0 saturated carbocycles. The van der Waals surface area contributed by atoms with E-state index in [-0.39, 0.29) is 0 Å². The molecular weight excluding hydrogens is 404 g/mol. The largest absolute Gasteiger partial charge is 0.387 e. The molecule has 2 aromatic heterocycles. The second-order valence-corrected chi connectivity index (χ2v) is 7.58. The van der Waals surface area contributed by atoms with Gasteiger partial charge >= 0.3 is 10.3 Å². The highest BCUT2D eigenvalue weighted by Gasteiger charge is 2.45. The number of anilines is 2. The molecule has 0 bridgehead atoms. The van der Waals surface area contributed by atoms with E-state index in [1.54, 1.807) is 0 Å². The van der Waals surface area contributed by atoms with Crippen molar-refractivity contribution < 1.29 is 27.6 Å². The van der Waals surface area contributed by atoms with Crippen LogP contribution in [0.5, 0.6) is 0 Å². The summed E-state index contributed by atoms with van der Waals surface area (Å²) in [5.41, 5.74) is 1.57. The third kappa shape index (κ3) is 4.05. The van der Waals surface area contributed by atoms with Crippen molar-refractivity contribution in [3.8, 4) is 0 Å². The quantitative estimate of drug-likeness (QED) is 0.402. The number of aliphatic hydroxyl groups is 2. The molecule has 0 radical (unpaired) electrons. The van der Waals surface area contributed by atoms with E-state index in [4.69, 9.17) is 9.88 Å². The number of ether oxygens (including phenoxy) is 1. The highest BCUT2D eigenvalue weighted by molar-refractivity contribution is 7.84. The minimum atomic E-state index is -4.21. The zero-order chi connectivity index (χ0) is 20.6. The van der Waals surface area contributed by atoms with E-state index >= 15 is 0 Å². The third-order valence-electron chi connectivity index (χ3n) is 4.40. The molecule has 4 rings (SSSR count). The fourth-order valence-electron chi connectivity index (χ4n) is 3.05. The van der Waals surface area contributed by atoms with E-state index in [0.717, 1.165) is 5.69 Å². The molecule has 154 valence electrons. The van der Waals surface area contributed by atoms with Crippen LogP contribution in [-0.4, -0.2) is 63.1 Å². The van der Waals surface area contributed by atoms with Crippen molar-refractivity contribution in [2.24, 2.45) is 5.14 Å². The van der Waals surface area contributed by atoms with Crippen molar-refractivity contribution in [1.29, 1.82) is 0 Å². The van der Waals surface area contributed by atoms with Crippen molar-refractivity contribution in [2.75, 3.05) is 11.9 Å².